The molecule has 0 aliphatic rings. The Morgan fingerprint density at radius 3 is 1.80 bits per heavy atom. The molecule has 0 radical (unpaired) electrons. The van der Waals surface area contributed by atoms with Crippen LogP contribution in [-0.2, 0) is 9.59 Å². The van der Waals surface area contributed by atoms with Crippen LogP contribution in [0, 0.1) is 0 Å². The number of aliphatic carboxylic acids is 1. The number of carboxylic acid groups (broad SMARTS) is 1. The molecule has 0 aliphatic heterocycles. The van der Waals surface area contributed by atoms with Gasteiger partial charge in [0.05, 0.1) is 5.33 Å². The van der Waals surface area contributed by atoms with Crippen LogP contribution in [0.2, 0.25) is 0 Å². The fourth-order valence-corrected chi connectivity index (χ4v) is 0. The van der Waals surface area contributed by atoms with E-state index in [4.69, 9.17) is 5.11 Å². The molecule has 0 heterocycles. The molecule has 0 spiro atoms. The standard InChI is InChI=1S/C3H6O2.C2H4BrNO/c1-2-3(4)5;3-1-2(4)5/h2H2,1H3,(H,4,5);1H2,(H2,4,5). The van der Waals surface area contributed by atoms with Crippen LogP contribution in [0.4, 0.5) is 0 Å². The molecule has 0 atom stereocenters. The summed E-state index contributed by atoms with van der Waals surface area (Å²) in [7, 11) is 0. The van der Waals surface area contributed by atoms with Gasteiger partial charge >= 0.3 is 5.97 Å². The van der Waals surface area contributed by atoms with E-state index in [1.165, 1.54) is 0 Å². The van der Waals surface area contributed by atoms with Gasteiger partial charge in [-0.15, -0.1) is 0 Å². The van der Waals surface area contributed by atoms with Gasteiger partial charge in [0.15, 0.2) is 0 Å². The smallest absolute Gasteiger partial charge is 0.303 e. The number of hydrogen-bond donors (Lipinski definition) is 2. The maximum absolute atomic E-state index is 9.54. The van der Waals surface area contributed by atoms with Crippen molar-refractivity contribution in [1.29, 1.82) is 0 Å². The van der Waals surface area contributed by atoms with E-state index in [2.05, 4.69) is 21.7 Å². The lowest BCUT2D eigenvalue weighted by atomic mass is 10.5. The van der Waals surface area contributed by atoms with Gasteiger partial charge in [-0.2, -0.15) is 0 Å². The average molecular weight is 212 g/mol. The van der Waals surface area contributed by atoms with Crippen molar-refractivity contribution >= 4 is 27.8 Å². The number of carbonyl (C=O) groups is 2. The highest BCUT2D eigenvalue weighted by Crippen LogP contribution is 1.71. The van der Waals surface area contributed by atoms with E-state index in [0.717, 1.165) is 0 Å². The quantitative estimate of drug-likeness (QED) is 0.648. The van der Waals surface area contributed by atoms with E-state index in [1.807, 2.05) is 0 Å². The number of alkyl halides is 1. The van der Waals surface area contributed by atoms with Gasteiger partial charge in [-0.05, 0) is 0 Å². The summed E-state index contributed by atoms with van der Waals surface area (Å²) < 4.78 is 0. The van der Waals surface area contributed by atoms with Crippen LogP contribution in [0.1, 0.15) is 13.3 Å². The number of amides is 1. The lowest BCUT2D eigenvalue weighted by molar-refractivity contribution is -0.136. The van der Waals surface area contributed by atoms with E-state index in [-0.39, 0.29) is 17.7 Å². The Bertz CT molecular complexity index is 101. The molecular formula is C5H10BrNO3. The molecule has 0 aliphatic carbocycles. The van der Waals surface area contributed by atoms with E-state index >= 15 is 0 Å². The zero-order valence-electron chi connectivity index (χ0n) is 5.63. The molecule has 0 rings (SSSR count). The lowest BCUT2D eigenvalue weighted by Gasteiger charge is -1.71. The third kappa shape index (κ3) is 26.1. The molecule has 0 fully saturated rings. The normalized spacial score (nSPS) is 7.40. The van der Waals surface area contributed by atoms with E-state index < -0.39 is 5.97 Å². The number of primary amides is 1. The zero-order valence-corrected chi connectivity index (χ0v) is 7.22. The van der Waals surface area contributed by atoms with Gasteiger partial charge in [0.2, 0.25) is 5.91 Å². The summed E-state index contributed by atoms with van der Waals surface area (Å²) in [5, 5.41) is 7.98. The van der Waals surface area contributed by atoms with Gasteiger partial charge in [-0.25, -0.2) is 0 Å². The second-order valence-corrected chi connectivity index (χ2v) is 1.91. The monoisotopic (exact) mass is 211 g/mol. The highest BCUT2D eigenvalue weighted by atomic mass is 79.9. The predicted octanol–water partition coefficient (Wildman–Crippen LogP) is 0.348. The van der Waals surface area contributed by atoms with Gasteiger partial charge in [0, 0.05) is 6.42 Å². The fourth-order valence-electron chi connectivity index (χ4n) is 0. The summed E-state index contributed by atoms with van der Waals surface area (Å²) in [4.78, 5) is 18.9. The molecule has 0 bridgehead atoms. The van der Waals surface area contributed by atoms with E-state index in [1.54, 1.807) is 6.92 Å². The fraction of sp³-hybridized carbons (Fsp3) is 0.600. The summed E-state index contributed by atoms with van der Waals surface area (Å²) in [6, 6.07) is 0. The molecule has 60 valence electrons. The minimum Gasteiger partial charge on any atom is -0.481 e. The average Bonchev–Trinajstić information content (AvgIpc) is 1.89. The van der Waals surface area contributed by atoms with Crippen LogP contribution >= 0.6 is 15.9 Å². The first-order chi connectivity index (χ1) is 4.54. The summed E-state index contributed by atoms with van der Waals surface area (Å²) in [5.41, 5.74) is 4.61. The van der Waals surface area contributed by atoms with Gasteiger partial charge in [-0.1, -0.05) is 22.9 Å². The molecule has 10 heavy (non-hydrogen) atoms. The molecular weight excluding hydrogens is 202 g/mol. The number of nitrogens with two attached hydrogens (primary N) is 1. The van der Waals surface area contributed by atoms with Gasteiger partial charge in [0.1, 0.15) is 0 Å². The first-order valence-electron chi connectivity index (χ1n) is 2.60. The van der Waals surface area contributed by atoms with Gasteiger partial charge < -0.3 is 10.8 Å². The Morgan fingerprint density at radius 1 is 1.60 bits per heavy atom. The lowest BCUT2D eigenvalue weighted by Crippen LogP contribution is -2.10. The van der Waals surface area contributed by atoms with Crippen molar-refractivity contribution in [2.24, 2.45) is 5.73 Å². The Hall–Kier alpha value is -0.580. The Labute approximate surface area is 67.5 Å². The molecule has 0 unspecified atom stereocenters. The summed E-state index contributed by atoms with van der Waals surface area (Å²) in [5.74, 6) is -1.07. The maximum Gasteiger partial charge on any atom is 0.303 e. The van der Waals surface area contributed by atoms with E-state index in [9.17, 15) is 9.59 Å². The Morgan fingerprint density at radius 2 is 1.80 bits per heavy atom. The largest absolute Gasteiger partial charge is 0.481 e. The second kappa shape index (κ2) is 8.42. The topological polar surface area (TPSA) is 80.4 Å². The van der Waals surface area contributed by atoms with Crippen molar-refractivity contribution in [3.05, 3.63) is 0 Å². The highest BCUT2D eigenvalue weighted by Gasteiger charge is 1.81. The number of carboxylic acids is 1. The molecule has 5 heteroatoms. The van der Waals surface area contributed by atoms with Crippen molar-refractivity contribution < 1.29 is 14.7 Å². The number of hydrogen-bond acceptors (Lipinski definition) is 2. The Balaban J connectivity index is 0. The molecule has 0 aromatic heterocycles. The van der Waals surface area contributed by atoms with Gasteiger partial charge in [-0.3, -0.25) is 9.59 Å². The van der Waals surface area contributed by atoms with Crippen molar-refractivity contribution in [1.82, 2.24) is 0 Å². The molecule has 0 saturated heterocycles. The summed E-state index contributed by atoms with van der Waals surface area (Å²) in [6.45, 7) is 1.60. The molecule has 1 amide bonds. The first kappa shape index (κ1) is 12.1. The number of halogens is 1. The van der Waals surface area contributed by atoms with Gasteiger partial charge in [0.25, 0.3) is 0 Å². The summed E-state index contributed by atoms with van der Waals surface area (Å²) >= 11 is 2.84. The van der Waals surface area contributed by atoms with E-state index in [0.29, 0.717) is 0 Å². The minimum atomic E-state index is -0.745. The molecule has 0 aromatic carbocycles. The van der Waals surface area contributed by atoms with Crippen LogP contribution in [0.25, 0.3) is 0 Å². The van der Waals surface area contributed by atoms with Crippen LogP contribution in [0.5, 0.6) is 0 Å². The molecule has 4 nitrogen and oxygen atoms in total. The van der Waals surface area contributed by atoms with Crippen molar-refractivity contribution in [3.8, 4) is 0 Å². The maximum atomic E-state index is 9.54. The number of carbonyl (C=O) groups excluding carboxylic acids is 1. The molecule has 0 aromatic rings. The molecule has 3 N–H and O–H groups in total. The van der Waals surface area contributed by atoms with Crippen LogP contribution in [0.15, 0.2) is 0 Å². The zero-order chi connectivity index (χ0) is 8.57. The minimum absolute atomic E-state index is 0.222. The first-order valence-corrected chi connectivity index (χ1v) is 3.72. The highest BCUT2D eigenvalue weighted by molar-refractivity contribution is 9.09. The second-order valence-electron chi connectivity index (χ2n) is 1.35. The third-order valence-corrected chi connectivity index (χ3v) is 0.987. The Kier molecular flexibility index (Phi) is 10.2. The third-order valence-electron chi connectivity index (χ3n) is 0.434. The molecule has 0 saturated carbocycles. The van der Waals surface area contributed by atoms with Crippen molar-refractivity contribution in [2.75, 3.05) is 5.33 Å². The summed E-state index contributed by atoms with van der Waals surface area (Å²) in [6.07, 6.45) is 0.222. The van der Waals surface area contributed by atoms with Crippen molar-refractivity contribution in [3.63, 3.8) is 0 Å². The van der Waals surface area contributed by atoms with Crippen LogP contribution in [-0.4, -0.2) is 22.3 Å². The van der Waals surface area contributed by atoms with Crippen molar-refractivity contribution in [2.45, 2.75) is 13.3 Å². The number of rotatable bonds is 2. The SMILES string of the molecule is CCC(=O)O.NC(=O)CBr. The predicted molar refractivity (Wildman–Crippen MR) is 40.9 cm³/mol. The van der Waals surface area contributed by atoms with Crippen LogP contribution < -0.4 is 5.73 Å². The van der Waals surface area contributed by atoms with Crippen LogP contribution in [0.3, 0.4) is 0 Å².